The van der Waals surface area contributed by atoms with Gasteiger partial charge in [-0.05, 0) is 36.6 Å². The average Bonchev–Trinajstić information content (AvgIpc) is 2.76. The van der Waals surface area contributed by atoms with Crippen LogP contribution >= 0.6 is 0 Å². The zero-order valence-electron chi connectivity index (χ0n) is 9.76. The number of allylic oxidation sites excluding steroid dienone is 4. The minimum atomic E-state index is 0.205. The summed E-state index contributed by atoms with van der Waals surface area (Å²) in [6.07, 6.45) is 8.17. The van der Waals surface area contributed by atoms with Crippen LogP contribution in [0.1, 0.15) is 19.3 Å². The Bertz CT molecular complexity index is 429. The van der Waals surface area contributed by atoms with E-state index in [1.54, 1.807) is 6.08 Å². The van der Waals surface area contributed by atoms with Crippen LogP contribution in [0.25, 0.3) is 0 Å². The number of hydrogen-bond donors (Lipinski definition) is 0. The Kier molecular flexibility index (Phi) is 4.14. The zero-order chi connectivity index (χ0) is 11.9. The molecule has 0 atom stereocenters. The van der Waals surface area contributed by atoms with Gasteiger partial charge in [0.05, 0.1) is 6.61 Å². The number of ether oxygens (including phenoxy) is 1. The Morgan fingerprint density at radius 3 is 2.71 bits per heavy atom. The van der Waals surface area contributed by atoms with Crippen molar-refractivity contribution in [3.8, 4) is 5.75 Å². The highest BCUT2D eigenvalue weighted by atomic mass is 16.5. The number of ketones is 1. The molecule has 0 unspecified atom stereocenters. The van der Waals surface area contributed by atoms with E-state index in [0.717, 1.165) is 24.2 Å². The van der Waals surface area contributed by atoms with Gasteiger partial charge in [-0.3, -0.25) is 4.79 Å². The molecular formula is C15H16O2. The predicted octanol–water partition coefficient (Wildman–Crippen LogP) is 3.30. The molecule has 1 aromatic carbocycles. The van der Waals surface area contributed by atoms with Crippen LogP contribution in [0.15, 0.2) is 54.1 Å². The quantitative estimate of drug-likeness (QED) is 0.723. The van der Waals surface area contributed by atoms with Crippen molar-refractivity contribution in [2.75, 3.05) is 6.61 Å². The SMILES string of the molecule is O=C1C=CC(=CCCCOc2ccccc2)C1. The second-order valence-electron chi connectivity index (χ2n) is 4.06. The molecule has 0 saturated heterocycles. The van der Waals surface area contributed by atoms with E-state index >= 15 is 0 Å². The van der Waals surface area contributed by atoms with E-state index in [4.69, 9.17) is 4.74 Å². The molecule has 0 heterocycles. The molecule has 2 heteroatoms. The fraction of sp³-hybridized carbons (Fsp3) is 0.267. The zero-order valence-corrected chi connectivity index (χ0v) is 9.76. The monoisotopic (exact) mass is 228 g/mol. The standard InChI is InChI=1S/C15H16O2/c16-14-10-9-13(12-14)6-4-5-11-17-15-7-2-1-3-8-15/h1-3,6-10H,4-5,11-12H2. The van der Waals surface area contributed by atoms with Gasteiger partial charge in [0.2, 0.25) is 0 Å². The van der Waals surface area contributed by atoms with Gasteiger partial charge >= 0.3 is 0 Å². The number of benzene rings is 1. The van der Waals surface area contributed by atoms with Crippen molar-refractivity contribution in [3.63, 3.8) is 0 Å². The van der Waals surface area contributed by atoms with Crippen LogP contribution in [0, 0.1) is 0 Å². The molecule has 0 aromatic heterocycles. The smallest absolute Gasteiger partial charge is 0.160 e. The fourth-order valence-corrected chi connectivity index (χ4v) is 1.74. The lowest BCUT2D eigenvalue weighted by molar-refractivity contribution is -0.113. The first-order valence-corrected chi connectivity index (χ1v) is 5.92. The van der Waals surface area contributed by atoms with E-state index in [1.165, 1.54) is 0 Å². The van der Waals surface area contributed by atoms with Gasteiger partial charge in [0.25, 0.3) is 0 Å². The van der Waals surface area contributed by atoms with Crippen LogP contribution < -0.4 is 4.74 Å². The minimum absolute atomic E-state index is 0.205. The summed E-state index contributed by atoms with van der Waals surface area (Å²) in [4.78, 5) is 11.0. The molecule has 0 bridgehead atoms. The third-order valence-electron chi connectivity index (χ3n) is 2.63. The van der Waals surface area contributed by atoms with Crippen LogP contribution in [-0.4, -0.2) is 12.4 Å². The molecule has 1 aromatic rings. The third-order valence-corrected chi connectivity index (χ3v) is 2.63. The van der Waals surface area contributed by atoms with Gasteiger partial charge in [-0.25, -0.2) is 0 Å². The van der Waals surface area contributed by atoms with Crippen molar-refractivity contribution < 1.29 is 9.53 Å². The fourth-order valence-electron chi connectivity index (χ4n) is 1.74. The summed E-state index contributed by atoms with van der Waals surface area (Å²) in [5, 5.41) is 0. The maximum Gasteiger partial charge on any atom is 0.160 e. The van der Waals surface area contributed by atoms with E-state index in [0.29, 0.717) is 13.0 Å². The van der Waals surface area contributed by atoms with Gasteiger partial charge in [0.1, 0.15) is 5.75 Å². The van der Waals surface area contributed by atoms with Gasteiger partial charge < -0.3 is 4.74 Å². The topological polar surface area (TPSA) is 26.3 Å². The normalized spacial score (nSPS) is 16.7. The van der Waals surface area contributed by atoms with Gasteiger partial charge in [-0.1, -0.05) is 30.4 Å². The van der Waals surface area contributed by atoms with E-state index in [-0.39, 0.29) is 5.78 Å². The highest BCUT2D eigenvalue weighted by Crippen LogP contribution is 2.14. The molecule has 0 spiro atoms. The molecule has 1 aliphatic carbocycles. The molecule has 2 nitrogen and oxygen atoms in total. The first kappa shape index (κ1) is 11.6. The molecule has 17 heavy (non-hydrogen) atoms. The van der Waals surface area contributed by atoms with Crippen molar-refractivity contribution in [1.82, 2.24) is 0 Å². The van der Waals surface area contributed by atoms with Gasteiger partial charge in [0, 0.05) is 6.42 Å². The number of para-hydroxylation sites is 1. The molecule has 0 amide bonds. The summed E-state index contributed by atoms with van der Waals surface area (Å²) in [6, 6.07) is 9.81. The first-order valence-electron chi connectivity index (χ1n) is 5.92. The molecule has 0 radical (unpaired) electrons. The first-order chi connectivity index (χ1) is 8.34. The van der Waals surface area contributed by atoms with Crippen molar-refractivity contribution in [2.45, 2.75) is 19.3 Å². The maximum atomic E-state index is 11.0. The number of rotatable bonds is 5. The molecule has 0 saturated carbocycles. The van der Waals surface area contributed by atoms with Gasteiger partial charge in [-0.15, -0.1) is 0 Å². The lowest BCUT2D eigenvalue weighted by Crippen LogP contribution is -1.96. The summed E-state index contributed by atoms with van der Waals surface area (Å²) in [5.74, 6) is 1.12. The minimum Gasteiger partial charge on any atom is -0.494 e. The molecule has 2 rings (SSSR count). The molecule has 88 valence electrons. The Morgan fingerprint density at radius 1 is 1.18 bits per heavy atom. The Morgan fingerprint density at radius 2 is 2.00 bits per heavy atom. The van der Waals surface area contributed by atoms with Crippen LogP contribution in [0.4, 0.5) is 0 Å². The van der Waals surface area contributed by atoms with Crippen LogP contribution in [0.3, 0.4) is 0 Å². The van der Waals surface area contributed by atoms with E-state index in [1.807, 2.05) is 36.4 Å². The Labute approximate surface area is 102 Å². The lowest BCUT2D eigenvalue weighted by Gasteiger charge is -2.04. The Hall–Kier alpha value is -1.83. The summed E-state index contributed by atoms with van der Waals surface area (Å²) >= 11 is 0. The van der Waals surface area contributed by atoms with E-state index in [2.05, 4.69) is 6.08 Å². The summed E-state index contributed by atoms with van der Waals surface area (Å²) in [7, 11) is 0. The Balaban J connectivity index is 1.64. The largest absolute Gasteiger partial charge is 0.494 e. The van der Waals surface area contributed by atoms with Crippen LogP contribution in [-0.2, 0) is 4.79 Å². The number of unbranched alkanes of at least 4 members (excludes halogenated alkanes) is 1. The predicted molar refractivity (Wildman–Crippen MR) is 68.0 cm³/mol. The molecule has 0 fully saturated rings. The number of carbonyl (C=O) groups is 1. The van der Waals surface area contributed by atoms with E-state index < -0.39 is 0 Å². The number of carbonyl (C=O) groups excluding carboxylic acids is 1. The van der Waals surface area contributed by atoms with Crippen LogP contribution in [0.2, 0.25) is 0 Å². The maximum absolute atomic E-state index is 11.0. The lowest BCUT2D eigenvalue weighted by atomic mass is 10.2. The molecular weight excluding hydrogens is 212 g/mol. The highest BCUT2D eigenvalue weighted by molar-refractivity contribution is 5.95. The second kappa shape index (κ2) is 6.04. The van der Waals surface area contributed by atoms with Gasteiger partial charge in [0.15, 0.2) is 5.78 Å². The van der Waals surface area contributed by atoms with E-state index in [9.17, 15) is 4.79 Å². The van der Waals surface area contributed by atoms with Crippen LogP contribution in [0.5, 0.6) is 5.75 Å². The second-order valence-corrected chi connectivity index (χ2v) is 4.06. The molecule has 0 N–H and O–H groups in total. The summed E-state index contributed by atoms with van der Waals surface area (Å²) in [6.45, 7) is 0.714. The third kappa shape index (κ3) is 3.91. The average molecular weight is 228 g/mol. The van der Waals surface area contributed by atoms with Crippen molar-refractivity contribution in [2.24, 2.45) is 0 Å². The van der Waals surface area contributed by atoms with Gasteiger partial charge in [-0.2, -0.15) is 0 Å². The molecule has 1 aliphatic rings. The molecule has 0 aliphatic heterocycles. The van der Waals surface area contributed by atoms with Crippen molar-refractivity contribution in [3.05, 3.63) is 54.1 Å². The van der Waals surface area contributed by atoms with Crippen molar-refractivity contribution in [1.29, 1.82) is 0 Å². The summed E-state index contributed by atoms with van der Waals surface area (Å²) < 4.78 is 5.58. The highest BCUT2D eigenvalue weighted by Gasteiger charge is 2.06. The summed E-state index contributed by atoms with van der Waals surface area (Å²) in [5.41, 5.74) is 1.13. The number of hydrogen-bond acceptors (Lipinski definition) is 2. The van der Waals surface area contributed by atoms with Crippen molar-refractivity contribution >= 4 is 5.78 Å².